The number of hydrogen-bond acceptors (Lipinski definition) is 1. The van der Waals surface area contributed by atoms with Crippen LogP contribution < -0.4 is 0 Å². The van der Waals surface area contributed by atoms with E-state index in [0.717, 1.165) is 5.71 Å². The topological polar surface area (TPSA) is 12.4 Å². The highest BCUT2D eigenvalue weighted by Gasteiger charge is 1.68. The smallest absolute Gasteiger partial charge is 0.0308 e. The predicted molar refractivity (Wildman–Crippen MR) is 51.8 cm³/mol. The fourth-order valence-corrected chi connectivity index (χ4v) is 0.0913. The Labute approximate surface area is 65.2 Å². The minimum Gasteiger partial charge on any atom is -0.293 e. The summed E-state index contributed by atoms with van der Waals surface area (Å²) in [6.45, 7) is 15.4. The van der Waals surface area contributed by atoms with E-state index in [-0.39, 0.29) is 0 Å². The van der Waals surface area contributed by atoms with Gasteiger partial charge < -0.3 is 0 Å². The summed E-state index contributed by atoms with van der Waals surface area (Å²) >= 11 is 0. The first-order valence-corrected chi connectivity index (χ1v) is 3.37. The van der Waals surface area contributed by atoms with Gasteiger partial charge in [0.05, 0.1) is 0 Å². The van der Waals surface area contributed by atoms with E-state index in [0.29, 0.717) is 0 Å². The number of allylic oxidation sites excluding steroid dienone is 1. The van der Waals surface area contributed by atoms with Crippen LogP contribution in [0.2, 0.25) is 0 Å². The number of nitrogens with zero attached hydrogens (tertiary/aromatic N) is 1. The van der Waals surface area contributed by atoms with Crippen molar-refractivity contribution >= 4 is 5.71 Å². The van der Waals surface area contributed by atoms with Gasteiger partial charge in [-0.3, -0.25) is 4.99 Å². The van der Waals surface area contributed by atoms with Gasteiger partial charge in [-0.2, -0.15) is 0 Å². The molecule has 0 saturated heterocycles. The monoisotopic (exact) mass is 141 g/mol. The first-order chi connectivity index (χ1) is 4.81. The van der Waals surface area contributed by atoms with E-state index in [9.17, 15) is 0 Å². The second kappa shape index (κ2) is 24.2. The maximum absolute atomic E-state index is 3.81. The lowest BCUT2D eigenvalue weighted by atomic mass is 10.4. The van der Waals surface area contributed by atoms with Gasteiger partial charge in [-0.15, -0.1) is 13.2 Å². The van der Waals surface area contributed by atoms with E-state index in [1.807, 2.05) is 20.8 Å². The van der Waals surface area contributed by atoms with Crippen LogP contribution in [0.3, 0.4) is 0 Å². The Morgan fingerprint density at radius 1 is 1.30 bits per heavy atom. The molecular formula is C9H19N. The fraction of sp³-hybridized carbons (Fsp3) is 0.444. The number of hydrogen-bond donors (Lipinski definition) is 0. The van der Waals surface area contributed by atoms with Crippen molar-refractivity contribution in [3.63, 3.8) is 0 Å². The van der Waals surface area contributed by atoms with Crippen LogP contribution in [0.25, 0.3) is 0 Å². The van der Waals surface area contributed by atoms with E-state index in [1.165, 1.54) is 0 Å². The zero-order chi connectivity index (χ0) is 8.99. The van der Waals surface area contributed by atoms with Crippen LogP contribution in [0.15, 0.2) is 30.8 Å². The molecule has 0 bridgehead atoms. The Hall–Kier alpha value is -0.850. The molecule has 0 rings (SSSR count). The summed E-state index contributed by atoms with van der Waals surface area (Å²) in [5.41, 5.74) is 0.981. The van der Waals surface area contributed by atoms with Gasteiger partial charge in [0.25, 0.3) is 0 Å². The summed E-state index contributed by atoms with van der Waals surface area (Å²) in [7, 11) is 1.75. The van der Waals surface area contributed by atoms with Gasteiger partial charge in [-0.25, -0.2) is 0 Å². The third-order valence-corrected chi connectivity index (χ3v) is 0.648. The molecule has 0 aliphatic rings. The lowest BCUT2D eigenvalue weighted by Crippen LogP contribution is -1.77. The molecule has 0 radical (unpaired) electrons. The summed E-state index contributed by atoms with van der Waals surface area (Å²) in [5, 5.41) is 0. The molecule has 0 unspecified atom stereocenters. The Kier molecular flexibility index (Phi) is 38.9. The zero-order valence-electron chi connectivity index (χ0n) is 7.65. The molecule has 0 amide bonds. The average molecular weight is 141 g/mol. The van der Waals surface area contributed by atoms with Crippen LogP contribution in [-0.4, -0.2) is 12.8 Å². The summed E-state index contributed by atoms with van der Waals surface area (Å²) in [5.74, 6) is 0. The molecule has 1 nitrogen and oxygen atoms in total. The van der Waals surface area contributed by atoms with Crippen molar-refractivity contribution in [2.75, 3.05) is 7.05 Å². The largest absolute Gasteiger partial charge is 0.293 e. The maximum Gasteiger partial charge on any atom is 0.0308 e. The molecule has 0 spiro atoms. The van der Waals surface area contributed by atoms with E-state index in [4.69, 9.17) is 0 Å². The predicted octanol–water partition coefficient (Wildman–Crippen LogP) is 3.09. The normalized spacial score (nSPS) is 7.80. The quantitative estimate of drug-likeness (QED) is 0.393. The lowest BCUT2D eigenvalue weighted by Gasteiger charge is -1.78. The summed E-state index contributed by atoms with van der Waals surface area (Å²) < 4.78 is 0. The molecule has 0 aromatic rings. The molecule has 0 aromatic heterocycles. The molecule has 0 aromatic carbocycles. The summed E-state index contributed by atoms with van der Waals surface area (Å²) in [6.07, 6.45) is 1.72. The molecule has 0 fully saturated rings. The first-order valence-electron chi connectivity index (χ1n) is 3.37. The minimum absolute atomic E-state index is 0.981. The van der Waals surface area contributed by atoms with Crippen molar-refractivity contribution in [2.24, 2.45) is 4.99 Å². The van der Waals surface area contributed by atoms with Gasteiger partial charge in [0.15, 0.2) is 0 Å². The standard InChI is InChI=1S/C5H9N.C2H6.C2H4/c1-4-5(2)6-3;2*1-2/h4H,1H2,2-3H3;1-2H3;1-2H2. The minimum atomic E-state index is 0.981. The molecule has 1 heteroatoms. The number of aliphatic imine (C=N–C) groups is 1. The van der Waals surface area contributed by atoms with E-state index in [1.54, 1.807) is 13.1 Å². The van der Waals surface area contributed by atoms with Crippen molar-refractivity contribution in [1.29, 1.82) is 0 Å². The highest BCUT2D eigenvalue weighted by molar-refractivity contribution is 5.91. The summed E-state index contributed by atoms with van der Waals surface area (Å²) in [6, 6.07) is 0. The van der Waals surface area contributed by atoms with Crippen LogP contribution in [0.5, 0.6) is 0 Å². The molecule has 10 heavy (non-hydrogen) atoms. The molecule has 0 heterocycles. The SMILES string of the molecule is C=C.C=CC(C)=NC.CC. The lowest BCUT2D eigenvalue weighted by molar-refractivity contribution is 1.43. The van der Waals surface area contributed by atoms with Gasteiger partial charge in [-0.1, -0.05) is 20.4 Å². The molecule has 0 atom stereocenters. The third-order valence-electron chi connectivity index (χ3n) is 0.648. The molecular weight excluding hydrogens is 122 g/mol. The van der Waals surface area contributed by atoms with Crippen molar-refractivity contribution < 1.29 is 0 Å². The number of rotatable bonds is 1. The molecule has 0 saturated carbocycles. The maximum atomic E-state index is 3.81. The van der Waals surface area contributed by atoms with Crippen LogP contribution in [0.4, 0.5) is 0 Å². The van der Waals surface area contributed by atoms with Crippen LogP contribution in [-0.2, 0) is 0 Å². The molecule has 0 aliphatic carbocycles. The Morgan fingerprint density at radius 2 is 1.60 bits per heavy atom. The molecule has 0 N–H and O–H groups in total. The second-order valence-electron chi connectivity index (χ2n) is 1.07. The third kappa shape index (κ3) is 27.3. The van der Waals surface area contributed by atoms with E-state index < -0.39 is 0 Å². The highest BCUT2D eigenvalue weighted by Crippen LogP contribution is 1.70. The molecule has 0 aliphatic heterocycles. The van der Waals surface area contributed by atoms with Crippen molar-refractivity contribution in [1.82, 2.24) is 0 Å². The Balaban J connectivity index is -0.000000105. The van der Waals surface area contributed by atoms with Gasteiger partial charge >= 0.3 is 0 Å². The van der Waals surface area contributed by atoms with Crippen molar-refractivity contribution in [2.45, 2.75) is 20.8 Å². The van der Waals surface area contributed by atoms with Crippen molar-refractivity contribution in [3.05, 3.63) is 25.8 Å². The summed E-state index contributed by atoms with van der Waals surface area (Å²) in [4.78, 5) is 3.81. The van der Waals surface area contributed by atoms with Crippen molar-refractivity contribution in [3.8, 4) is 0 Å². The zero-order valence-corrected chi connectivity index (χ0v) is 7.65. The van der Waals surface area contributed by atoms with Crippen LogP contribution in [0.1, 0.15) is 20.8 Å². The fourth-order valence-electron chi connectivity index (χ4n) is 0.0913. The Bertz CT molecular complexity index is 82.7. The van der Waals surface area contributed by atoms with Gasteiger partial charge in [0.1, 0.15) is 0 Å². The first kappa shape index (κ1) is 16.1. The van der Waals surface area contributed by atoms with E-state index >= 15 is 0 Å². The molecule has 60 valence electrons. The Morgan fingerprint density at radius 3 is 1.60 bits per heavy atom. The highest BCUT2D eigenvalue weighted by atomic mass is 14.7. The van der Waals surface area contributed by atoms with Crippen LogP contribution in [0, 0.1) is 0 Å². The van der Waals surface area contributed by atoms with Gasteiger partial charge in [0.2, 0.25) is 0 Å². The van der Waals surface area contributed by atoms with Crippen LogP contribution >= 0.6 is 0 Å². The van der Waals surface area contributed by atoms with E-state index in [2.05, 4.69) is 24.7 Å². The van der Waals surface area contributed by atoms with Gasteiger partial charge in [-0.05, 0) is 13.0 Å². The average Bonchev–Trinajstić information content (AvgIpc) is 2.10. The second-order valence-corrected chi connectivity index (χ2v) is 1.07. The van der Waals surface area contributed by atoms with Gasteiger partial charge in [0, 0.05) is 12.8 Å².